The molecule has 1 unspecified atom stereocenters. The third kappa shape index (κ3) is 2.29. The van der Waals surface area contributed by atoms with Crippen LogP contribution in [0.25, 0.3) is 0 Å². The van der Waals surface area contributed by atoms with Crippen molar-refractivity contribution in [2.45, 2.75) is 18.0 Å². The zero-order valence-electron chi connectivity index (χ0n) is 10.0. The van der Waals surface area contributed by atoms with Gasteiger partial charge in [-0.2, -0.15) is 4.31 Å². The minimum atomic E-state index is -4.09. The molecule has 0 spiro atoms. The van der Waals surface area contributed by atoms with E-state index in [1.807, 2.05) is 0 Å². The Hall–Kier alpha value is -2.00. The Bertz CT molecular complexity index is 643. The average molecular weight is 284 g/mol. The van der Waals surface area contributed by atoms with Crippen LogP contribution in [-0.2, 0) is 19.6 Å². The first kappa shape index (κ1) is 13.4. The van der Waals surface area contributed by atoms with Crippen LogP contribution in [0, 0.1) is 0 Å². The molecule has 9 heteroatoms. The molecule has 8 nitrogen and oxygen atoms in total. The molecule has 19 heavy (non-hydrogen) atoms. The molecule has 2 rings (SSSR count). The van der Waals surface area contributed by atoms with Crippen LogP contribution >= 0.6 is 0 Å². The Balaban J connectivity index is 2.47. The predicted molar refractivity (Wildman–Crippen MR) is 65.2 cm³/mol. The number of imide groups is 1. The molecule has 1 saturated heterocycles. The summed E-state index contributed by atoms with van der Waals surface area (Å²) < 4.78 is 25.5. The van der Waals surface area contributed by atoms with Gasteiger partial charge in [0.2, 0.25) is 11.8 Å². The molecule has 102 valence electrons. The second-order valence-electron chi connectivity index (χ2n) is 4.04. The normalized spacial score (nSPS) is 21.2. The lowest BCUT2D eigenvalue weighted by Gasteiger charge is -2.30. The molecule has 0 bridgehead atoms. The van der Waals surface area contributed by atoms with Crippen LogP contribution in [0.15, 0.2) is 23.4 Å². The average Bonchev–Trinajstić information content (AvgIpc) is 2.34. The van der Waals surface area contributed by atoms with Crippen LogP contribution in [0.2, 0.25) is 0 Å². The quantitative estimate of drug-likeness (QED) is 0.651. The van der Waals surface area contributed by atoms with Gasteiger partial charge in [0.15, 0.2) is 5.03 Å². The van der Waals surface area contributed by atoms with E-state index in [0.717, 1.165) is 4.31 Å². The number of carbonyl (C=O) groups is 2. The first-order valence-electron chi connectivity index (χ1n) is 5.40. The highest BCUT2D eigenvalue weighted by molar-refractivity contribution is 7.89. The Morgan fingerprint density at radius 1 is 1.47 bits per heavy atom. The Labute approximate surface area is 109 Å². The fraction of sp³-hybridized carbons (Fsp3) is 0.300. The summed E-state index contributed by atoms with van der Waals surface area (Å²) in [5.74, 6) is -1.35. The third-order valence-corrected chi connectivity index (χ3v) is 4.62. The van der Waals surface area contributed by atoms with Crippen molar-refractivity contribution in [3.05, 3.63) is 18.3 Å². The number of piperazine rings is 1. The molecule has 0 radical (unpaired) electrons. The van der Waals surface area contributed by atoms with Gasteiger partial charge < -0.3 is 5.73 Å². The maximum Gasteiger partial charge on any atom is 0.263 e. The topological polar surface area (TPSA) is 122 Å². The van der Waals surface area contributed by atoms with E-state index in [-0.39, 0.29) is 10.7 Å². The standard InChI is InChI=1S/C10H12N4O4S/c1-6-9(16)13-8(15)5-14(6)19(17,18)10-7(11)3-2-4-12-10/h2-4,6H,5,11H2,1H3,(H,13,15,16). The highest BCUT2D eigenvalue weighted by Crippen LogP contribution is 2.22. The van der Waals surface area contributed by atoms with Crippen LogP contribution in [-0.4, -0.2) is 42.1 Å². The highest BCUT2D eigenvalue weighted by Gasteiger charge is 2.40. The molecule has 0 saturated carbocycles. The lowest BCUT2D eigenvalue weighted by Crippen LogP contribution is -2.58. The third-order valence-electron chi connectivity index (χ3n) is 2.73. The number of pyridine rings is 1. The second kappa shape index (κ2) is 4.59. The number of nitrogens with one attached hydrogen (secondary N) is 1. The van der Waals surface area contributed by atoms with Gasteiger partial charge in [0.25, 0.3) is 10.0 Å². The van der Waals surface area contributed by atoms with Crippen molar-refractivity contribution in [2.75, 3.05) is 12.3 Å². The van der Waals surface area contributed by atoms with E-state index in [1.165, 1.54) is 25.3 Å². The second-order valence-corrected chi connectivity index (χ2v) is 5.84. The van der Waals surface area contributed by atoms with E-state index in [4.69, 9.17) is 5.73 Å². The van der Waals surface area contributed by atoms with Crippen LogP contribution in [0.5, 0.6) is 0 Å². The largest absolute Gasteiger partial charge is 0.396 e. The van der Waals surface area contributed by atoms with Crippen LogP contribution < -0.4 is 11.1 Å². The molecule has 1 aliphatic heterocycles. The van der Waals surface area contributed by atoms with Gasteiger partial charge in [-0.25, -0.2) is 13.4 Å². The van der Waals surface area contributed by atoms with Gasteiger partial charge in [0.05, 0.1) is 12.2 Å². The monoisotopic (exact) mass is 284 g/mol. The molecule has 0 aliphatic carbocycles. The molecule has 1 atom stereocenters. The molecule has 0 aromatic carbocycles. The van der Waals surface area contributed by atoms with Crippen molar-refractivity contribution in [1.82, 2.24) is 14.6 Å². The van der Waals surface area contributed by atoms with Crippen molar-refractivity contribution in [3.63, 3.8) is 0 Å². The number of hydrogen-bond donors (Lipinski definition) is 2. The van der Waals surface area contributed by atoms with E-state index < -0.39 is 34.4 Å². The summed E-state index contributed by atoms with van der Waals surface area (Å²) in [4.78, 5) is 26.5. The molecular formula is C10H12N4O4S. The van der Waals surface area contributed by atoms with E-state index in [2.05, 4.69) is 10.3 Å². The minimum Gasteiger partial charge on any atom is -0.396 e. The Morgan fingerprint density at radius 3 is 2.79 bits per heavy atom. The fourth-order valence-electron chi connectivity index (χ4n) is 1.71. The number of aromatic nitrogens is 1. The number of nitrogen functional groups attached to an aromatic ring is 1. The molecule has 1 aliphatic rings. The fourth-order valence-corrected chi connectivity index (χ4v) is 3.29. The zero-order valence-corrected chi connectivity index (χ0v) is 10.8. The number of hydrogen-bond acceptors (Lipinski definition) is 6. The summed E-state index contributed by atoms with van der Waals surface area (Å²) in [6.45, 7) is 0.948. The SMILES string of the molecule is CC1C(=O)NC(=O)CN1S(=O)(=O)c1ncccc1N. The van der Waals surface area contributed by atoms with Crippen molar-refractivity contribution in [2.24, 2.45) is 0 Å². The van der Waals surface area contributed by atoms with Crippen LogP contribution in [0.4, 0.5) is 5.69 Å². The van der Waals surface area contributed by atoms with Gasteiger partial charge in [-0.15, -0.1) is 0 Å². The van der Waals surface area contributed by atoms with E-state index in [0.29, 0.717) is 0 Å². The lowest BCUT2D eigenvalue weighted by molar-refractivity contribution is -0.136. The smallest absolute Gasteiger partial charge is 0.263 e. The first-order valence-corrected chi connectivity index (χ1v) is 6.84. The van der Waals surface area contributed by atoms with E-state index in [9.17, 15) is 18.0 Å². The number of carbonyl (C=O) groups excluding carboxylic acids is 2. The maximum atomic E-state index is 12.4. The van der Waals surface area contributed by atoms with Crippen LogP contribution in [0.1, 0.15) is 6.92 Å². The van der Waals surface area contributed by atoms with Gasteiger partial charge >= 0.3 is 0 Å². The number of amides is 2. The summed E-state index contributed by atoms with van der Waals surface area (Å²) in [6, 6.07) is 1.88. The van der Waals surface area contributed by atoms with Gasteiger partial charge in [-0.3, -0.25) is 14.9 Å². The summed E-state index contributed by atoms with van der Waals surface area (Å²) in [7, 11) is -4.09. The molecular weight excluding hydrogens is 272 g/mol. The number of rotatable bonds is 2. The van der Waals surface area contributed by atoms with E-state index in [1.54, 1.807) is 0 Å². The summed E-state index contributed by atoms with van der Waals surface area (Å²) >= 11 is 0. The molecule has 1 aromatic heterocycles. The van der Waals surface area contributed by atoms with Crippen molar-refractivity contribution >= 4 is 27.5 Å². The minimum absolute atomic E-state index is 0.0341. The van der Waals surface area contributed by atoms with Gasteiger partial charge in [-0.1, -0.05) is 0 Å². The van der Waals surface area contributed by atoms with Crippen molar-refractivity contribution in [3.8, 4) is 0 Å². The number of nitrogens with two attached hydrogens (primary N) is 1. The molecule has 2 amide bonds. The molecule has 1 aromatic rings. The summed E-state index contributed by atoms with van der Waals surface area (Å²) in [5, 5.41) is 1.70. The number of nitrogens with zero attached hydrogens (tertiary/aromatic N) is 2. The Morgan fingerprint density at radius 2 is 2.16 bits per heavy atom. The first-order chi connectivity index (χ1) is 8.84. The molecule has 1 fully saturated rings. The maximum absolute atomic E-state index is 12.4. The number of sulfonamides is 1. The van der Waals surface area contributed by atoms with E-state index >= 15 is 0 Å². The van der Waals surface area contributed by atoms with Gasteiger partial charge in [0, 0.05) is 6.20 Å². The van der Waals surface area contributed by atoms with Gasteiger partial charge in [0.1, 0.15) is 6.04 Å². The Kier molecular flexibility index (Phi) is 3.25. The predicted octanol–water partition coefficient (Wildman–Crippen LogP) is -1.30. The molecule has 3 N–H and O–H groups in total. The van der Waals surface area contributed by atoms with Crippen LogP contribution in [0.3, 0.4) is 0 Å². The summed E-state index contributed by atoms with van der Waals surface area (Å²) in [6.07, 6.45) is 1.28. The zero-order chi connectivity index (χ0) is 14.2. The van der Waals surface area contributed by atoms with Crippen molar-refractivity contribution < 1.29 is 18.0 Å². The lowest BCUT2D eigenvalue weighted by atomic mass is 10.2. The molecule has 2 heterocycles. The van der Waals surface area contributed by atoms with Gasteiger partial charge in [-0.05, 0) is 19.1 Å². The number of anilines is 1. The summed E-state index contributed by atoms with van der Waals surface area (Å²) in [5.41, 5.74) is 5.54. The highest BCUT2D eigenvalue weighted by atomic mass is 32.2. The van der Waals surface area contributed by atoms with Crippen molar-refractivity contribution in [1.29, 1.82) is 0 Å².